The summed E-state index contributed by atoms with van der Waals surface area (Å²) < 4.78 is 5.58. The Labute approximate surface area is 99.0 Å². The van der Waals surface area contributed by atoms with Crippen LogP contribution >= 0.6 is 0 Å². The molecule has 1 aromatic rings. The van der Waals surface area contributed by atoms with E-state index in [0.717, 1.165) is 31.0 Å². The van der Waals surface area contributed by atoms with Crippen molar-refractivity contribution in [2.24, 2.45) is 0 Å². The summed E-state index contributed by atoms with van der Waals surface area (Å²) in [6, 6.07) is 8.20. The molecule has 0 aliphatic rings. The van der Waals surface area contributed by atoms with Crippen LogP contribution in [0.3, 0.4) is 0 Å². The van der Waals surface area contributed by atoms with E-state index < -0.39 is 0 Å². The first-order valence-corrected chi connectivity index (χ1v) is 6.33. The van der Waals surface area contributed by atoms with Crippen LogP contribution in [0.1, 0.15) is 39.5 Å². The summed E-state index contributed by atoms with van der Waals surface area (Å²) >= 11 is 0. The maximum atomic E-state index is 5.58. The summed E-state index contributed by atoms with van der Waals surface area (Å²) in [6.45, 7) is 6.18. The van der Waals surface area contributed by atoms with Gasteiger partial charge in [0, 0.05) is 18.3 Å². The highest BCUT2D eigenvalue weighted by Crippen LogP contribution is 2.17. The molecule has 0 atom stereocenters. The van der Waals surface area contributed by atoms with Gasteiger partial charge in [-0.15, -0.1) is 0 Å². The first-order chi connectivity index (χ1) is 7.86. The summed E-state index contributed by atoms with van der Waals surface area (Å²) in [5.74, 6) is 0.961. The quantitative estimate of drug-likeness (QED) is 0.668. The van der Waals surface area contributed by atoms with E-state index in [-0.39, 0.29) is 0 Å². The van der Waals surface area contributed by atoms with E-state index in [0.29, 0.717) is 0 Å². The van der Waals surface area contributed by atoms with Crippen LogP contribution in [0.2, 0.25) is 0 Å². The molecule has 0 saturated carbocycles. The summed E-state index contributed by atoms with van der Waals surface area (Å²) in [7, 11) is 0. The third-order valence-electron chi connectivity index (χ3n) is 2.42. The lowest BCUT2D eigenvalue weighted by Gasteiger charge is -2.09. The van der Waals surface area contributed by atoms with Crippen molar-refractivity contribution in [2.75, 3.05) is 18.5 Å². The molecule has 0 fully saturated rings. The Hall–Kier alpha value is -1.18. The minimum absolute atomic E-state index is 0.791. The number of hydrogen-bond acceptors (Lipinski definition) is 2. The summed E-state index contributed by atoms with van der Waals surface area (Å²) in [5, 5.41) is 3.42. The van der Waals surface area contributed by atoms with Crippen LogP contribution in [0, 0.1) is 0 Å². The number of unbranched alkanes of at least 4 members (excludes halogenated alkanes) is 2. The van der Waals surface area contributed by atoms with Gasteiger partial charge in [0.1, 0.15) is 5.75 Å². The molecule has 0 amide bonds. The van der Waals surface area contributed by atoms with Gasteiger partial charge in [-0.05, 0) is 25.0 Å². The van der Waals surface area contributed by atoms with Gasteiger partial charge in [0.2, 0.25) is 0 Å². The highest BCUT2D eigenvalue weighted by Gasteiger charge is 1.95. The van der Waals surface area contributed by atoms with E-state index in [1.807, 2.05) is 12.1 Å². The lowest BCUT2D eigenvalue weighted by atomic mass is 10.2. The average molecular weight is 221 g/mol. The van der Waals surface area contributed by atoms with Gasteiger partial charge in [-0.2, -0.15) is 0 Å². The predicted molar refractivity (Wildman–Crippen MR) is 70.2 cm³/mol. The van der Waals surface area contributed by atoms with E-state index in [4.69, 9.17) is 4.74 Å². The van der Waals surface area contributed by atoms with Gasteiger partial charge >= 0.3 is 0 Å². The SMILES string of the molecule is CCCCCNc1cccc(OCCC)c1. The van der Waals surface area contributed by atoms with Crippen molar-refractivity contribution in [3.05, 3.63) is 24.3 Å². The highest BCUT2D eigenvalue weighted by atomic mass is 16.5. The predicted octanol–water partition coefficient (Wildman–Crippen LogP) is 4.08. The Morgan fingerprint density at radius 3 is 2.75 bits per heavy atom. The van der Waals surface area contributed by atoms with Crippen LogP contribution in [0.4, 0.5) is 5.69 Å². The minimum Gasteiger partial charge on any atom is -0.494 e. The molecule has 2 heteroatoms. The molecule has 0 aliphatic carbocycles. The van der Waals surface area contributed by atoms with Crippen LogP contribution in [0.25, 0.3) is 0 Å². The Balaban J connectivity index is 2.35. The second kappa shape index (κ2) is 8.03. The van der Waals surface area contributed by atoms with Gasteiger partial charge < -0.3 is 10.1 Å². The van der Waals surface area contributed by atoms with E-state index in [1.54, 1.807) is 0 Å². The van der Waals surface area contributed by atoms with Gasteiger partial charge in [0.25, 0.3) is 0 Å². The fraction of sp³-hybridized carbons (Fsp3) is 0.571. The standard InChI is InChI=1S/C14H23NO/c1-3-5-6-10-15-13-8-7-9-14(12-13)16-11-4-2/h7-9,12,15H,3-6,10-11H2,1-2H3. The van der Waals surface area contributed by atoms with Crippen molar-refractivity contribution in [1.82, 2.24) is 0 Å². The second-order valence-electron chi connectivity index (χ2n) is 4.01. The molecular formula is C14H23NO. The zero-order chi connectivity index (χ0) is 11.6. The van der Waals surface area contributed by atoms with Gasteiger partial charge in [0.15, 0.2) is 0 Å². The number of ether oxygens (including phenoxy) is 1. The molecule has 2 nitrogen and oxygen atoms in total. The molecule has 0 radical (unpaired) electrons. The fourth-order valence-electron chi connectivity index (χ4n) is 1.52. The molecule has 0 unspecified atom stereocenters. The van der Waals surface area contributed by atoms with E-state index in [9.17, 15) is 0 Å². The van der Waals surface area contributed by atoms with Crippen molar-refractivity contribution in [1.29, 1.82) is 0 Å². The normalized spacial score (nSPS) is 10.1. The molecule has 1 aromatic carbocycles. The van der Waals surface area contributed by atoms with E-state index in [1.165, 1.54) is 19.3 Å². The molecule has 0 aromatic heterocycles. The van der Waals surface area contributed by atoms with Gasteiger partial charge in [-0.3, -0.25) is 0 Å². The topological polar surface area (TPSA) is 21.3 Å². The van der Waals surface area contributed by atoms with Crippen LogP contribution in [0.5, 0.6) is 5.75 Å². The number of benzene rings is 1. The Bertz CT molecular complexity index is 286. The van der Waals surface area contributed by atoms with Crippen LogP contribution in [-0.2, 0) is 0 Å². The molecule has 0 saturated heterocycles. The lowest BCUT2D eigenvalue weighted by Crippen LogP contribution is -2.02. The maximum absolute atomic E-state index is 5.58. The lowest BCUT2D eigenvalue weighted by molar-refractivity contribution is 0.317. The minimum atomic E-state index is 0.791. The maximum Gasteiger partial charge on any atom is 0.121 e. The third kappa shape index (κ3) is 5.06. The molecule has 16 heavy (non-hydrogen) atoms. The smallest absolute Gasteiger partial charge is 0.121 e. The van der Waals surface area contributed by atoms with Crippen LogP contribution in [-0.4, -0.2) is 13.2 Å². The van der Waals surface area contributed by atoms with E-state index in [2.05, 4.69) is 31.3 Å². The van der Waals surface area contributed by atoms with Crippen molar-refractivity contribution in [2.45, 2.75) is 39.5 Å². The molecule has 90 valence electrons. The van der Waals surface area contributed by atoms with Gasteiger partial charge in [-0.25, -0.2) is 0 Å². The Kier molecular flexibility index (Phi) is 6.47. The molecule has 0 heterocycles. The van der Waals surface area contributed by atoms with Gasteiger partial charge in [-0.1, -0.05) is 32.8 Å². The highest BCUT2D eigenvalue weighted by molar-refractivity contribution is 5.48. The molecule has 1 N–H and O–H groups in total. The van der Waals surface area contributed by atoms with E-state index >= 15 is 0 Å². The van der Waals surface area contributed by atoms with Gasteiger partial charge in [0.05, 0.1) is 6.61 Å². The Morgan fingerprint density at radius 1 is 1.12 bits per heavy atom. The van der Waals surface area contributed by atoms with Crippen LogP contribution in [0.15, 0.2) is 24.3 Å². The second-order valence-corrected chi connectivity index (χ2v) is 4.01. The van der Waals surface area contributed by atoms with Crippen molar-refractivity contribution in [3.8, 4) is 5.75 Å². The summed E-state index contributed by atoms with van der Waals surface area (Å²) in [4.78, 5) is 0. The zero-order valence-electron chi connectivity index (χ0n) is 10.5. The third-order valence-corrected chi connectivity index (χ3v) is 2.42. The zero-order valence-corrected chi connectivity index (χ0v) is 10.5. The van der Waals surface area contributed by atoms with Crippen molar-refractivity contribution in [3.63, 3.8) is 0 Å². The summed E-state index contributed by atoms with van der Waals surface area (Å²) in [6.07, 6.45) is 4.84. The first-order valence-electron chi connectivity index (χ1n) is 6.33. The summed E-state index contributed by atoms with van der Waals surface area (Å²) in [5.41, 5.74) is 1.16. The molecule has 0 spiro atoms. The Morgan fingerprint density at radius 2 is 2.00 bits per heavy atom. The molecule has 0 bridgehead atoms. The monoisotopic (exact) mass is 221 g/mol. The van der Waals surface area contributed by atoms with Crippen molar-refractivity contribution < 1.29 is 4.74 Å². The largest absolute Gasteiger partial charge is 0.494 e. The van der Waals surface area contributed by atoms with Crippen molar-refractivity contribution >= 4 is 5.69 Å². The fourth-order valence-corrected chi connectivity index (χ4v) is 1.52. The number of rotatable bonds is 8. The molecular weight excluding hydrogens is 198 g/mol. The number of hydrogen-bond donors (Lipinski definition) is 1. The van der Waals surface area contributed by atoms with Crippen LogP contribution < -0.4 is 10.1 Å². The number of nitrogens with one attached hydrogen (secondary N) is 1. The first kappa shape index (κ1) is 12.9. The average Bonchev–Trinajstić information content (AvgIpc) is 2.33. The number of anilines is 1. The molecule has 1 rings (SSSR count). The molecule has 0 aliphatic heterocycles.